The summed E-state index contributed by atoms with van der Waals surface area (Å²) in [7, 11) is 0. The second-order valence-electron chi connectivity index (χ2n) is 28.8. The summed E-state index contributed by atoms with van der Waals surface area (Å²) in [4.78, 5) is 30.8. The van der Waals surface area contributed by atoms with Crippen molar-refractivity contribution in [2.24, 2.45) is 0 Å². The Morgan fingerprint density at radius 3 is 0.743 bits per heavy atom. The van der Waals surface area contributed by atoms with Gasteiger partial charge in [0.05, 0.1) is 0 Å². The number of benzene rings is 16. The molecule has 7 aromatic heterocycles. The van der Waals surface area contributed by atoms with Crippen LogP contribution in [0.4, 0.5) is 0 Å². The minimum absolute atomic E-state index is 0.568. The fourth-order valence-corrected chi connectivity index (χ4v) is 16.2. The van der Waals surface area contributed by atoms with Crippen LogP contribution in [0.15, 0.2) is 374 Å². The molecule has 0 N–H and O–H groups in total. The zero-order valence-corrected chi connectivity index (χ0v) is 60.2. The first-order valence-electron chi connectivity index (χ1n) is 37.6. The first kappa shape index (κ1) is 63.6. The SMILES string of the molecule is c1ccc(-c2nc(-c3ccc(-c4ccc5oc6ccccc6c5c4)cc3)nc(-c3ccc(-c4cccc5c4oc4ccc(-c6ccc7c(c6)oc6ccc(-c8ccc(-c9nc(-c%10ccc(-c%11ccc%12oc%13ccccc%13c%12c%11)cc%10)nc(-c%10ccc(-c%11ccc%12oc%13ccccc%13c%12c%11)cc%10)n9)cc8)cc67)cc45)cc3)n2)cc1. The van der Waals surface area contributed by atoms with Crippen molar-refractivity contribution < 1.29 is 22.1 Å². The highest BCUT2D eigenvalue weighted by Crippen LogP contribution is 2.43. The van der Waals surface area contributed by atoms with Gasteiger partial charge in [-0.1, -0.05) is 261 Å². The predicted molar refractivity (Wildman–Crippen MR) is 455 cm³/mol. The first-order chi connectivity index (χ1) is 55.9. The lowest BCUT2D eigenvalue weighted by molar-refractivity contribution is 0.668. The van der Waals surface area contributed by atoms with Crippen molar-refractivity contribution in [1.82, 2.24) is 29.9 Å². The number of hydrogen-bond donors (Lipinski definition) is 0. The van der Waals surface area contributed by atoms with Crippen molar-refractivity contribution >= 4 is 110 Å². The number of furan rings is 5. The molecule has 0 bridgehead atoms. The zero-order chi connectivity index (χ0) is 74.2. The molecule has 16 aromatic carbocycles. The molecule has 23 aromatic rings. The van der Waals surface area contributed by atoms with Gasteiger partial charge in [0.2, 0.25) is 0 Å². The van der Waals surface area contributed by atoms with Crippen molar-refractivity contribution in [3.8, 4) is 135 Å². The molecule has 11 nitrogen and oxygen atoms in total. The summed E-state index contributed by atoms with van der Waals surface area (Å²) in [6.07, 6.45) is 0. The van der Waals surface area contributed by atoms with Crippen molar-refractivity contribution in [2.45, 2.75) is 0 Å². The molecule has 0 saturated carbocycles. The largest absolute Gasteiger partial charge is 0.456 e. The van der Waals surface area contributed by atoms with E-state index in [2.05, 4.69) is 261 Å². The van der Waals surface area contributed by atoms with E-state index >= 15 is 0 Å². The first-order valence-corrected chi connectivity index (χ1v) is 37.6. The highest BCUT2D eigenvalue weighted by Gasteiger charge is 2.21. The molecule has 0 fully saturated rings. The molecule has 0 unspecified atom stereocenters. The van der Waals surface area contributed by atoms with Gasteiger partial charge in [0, 0.05) is 92.8 Å². The smallest absolute Gasteiger partial charge is 0.164 e. The standard InChI is InChI=1S/C102H58N6O5/c1-2-11-64(12-3-1)97-103-98(65-31-21-59(22-32-65)70-42-48-90-82(53-70)77-13-4-7-18-87(77)109-90)105-102(104-97)69-39-29-63(30-40-69)76-16-10-17-81-86-57-74(46-52-94(86)113-96(76)81)75-41-47-80-85-56-73(45-51-93(85)112-95(80)58-75)62-27-37-68(38-28-62)101-107-99(66-33-23-60(24-34-66)71-43-49-91-83(54-71)78-14-5-8-19-88(78)110-91)106-100(108-101)67-35-25-61(26-36-67)72-44-50-92-84(55-72)79-15-6-9-20-89(79)111-92/h1-58H. The maximum atomic E-state index is 6.76. The molecule has 0 aliphatic rings. The second-order valence-corrected chi connectivity index (χ2v) is 28.8. The van der Waals surface area contributed by atoms with Crippen LogP contribution in [0.5, 0.6) is 0 Å². The van der Waals surface area contributed by atoms with Gasteiger partial charge in [-0.15, -0.1) is 0 Å². The minimum Gasteiger partial charge on any atom is -0.456 e. The molecule has 0 saturated heterocycles. The number of para-hydroxylation sites is 4. The molecular formula is C102H58N6O5. The Labute approximate surface area is 644 Å². The third kappa shape index (κ3) is 11.0. The second kappa shape index (κ2) is 25.6. The van der Waals surface area contributed by atoms with Crippen LogP contribution < -0.4 is 0 Å². The summed E-state index contributed by atoms with van der Waals surface area (Å²) in [6.45, 7) is 0. The monoisotopic (exact) mass is 1450 g/mol. The Kier molecular flexibility index (Phi) is 14.4. The van der Waals surface area contributed by atoms with Crippen LogP contribution in [0.1, 0.15) is 0 Å². The Hall–Kier alpha value is -15.5. The highest BCUT2D eigenvalue weighted by molar-refractivity contribution is 6.13. The van der Waals surface area contributed by atoms with Gasteiger partial charge in [0.1, 0.15) is 55.8 Å². The lowest BCUT2D eigenvalue weighted by Crippen LogP contribution is -2.00. The van der Waals surface area contributed by atoms with Gasteiger partial charge in [-0.3, -0.25) is 0 Å². The molecule has 0 atom stereocenters. The van der Waals surface area contributed by atoms with Crippen LogP contribution in [0.3, 0.4) is 0 Å². The summed E-state index contributed by atoms with van der Waals surface area (Å²) in [5.74, 6) is 3.48. The maximum absolute atomic E-state index is 6.76. The van der Waals surface area contributed by atoms with Gasteiger partial charge >= 0.3 is 0 Å². The fraction of sp³-hybridized carbons (Fsp3) is 0. The van der Waals surface area contributed by atoms with Gasteiger partial charge in [0.25, 0.3) is 0 Å². The Balaban J connectivity index is 0.521. The summed E-state index contributed by atoms with van der Waals surface area (Å²) in [6, 6.07) is 122. The normalized spacial score (nSPS) is 11.9. The van der Waals surface area contributed by atoms with Crippen molar-refractivity contribution in [3.05, 3.63) is 352 Å². The van der Waals surface area contributed by atoms with Crippen molar-refractivity contribution in [1.29, 1.82) is 0 Å². The van der Waals surface area contributed by atoms with E-state index in [1.807, 2.05) is 91.0 Å². The molecule has 23 rings (SSSR count). The molecule has 0 aliphatic carbocycles. The van der Waals surface area contributed by atoms with Crippen molar-refractivity contribution in [2.75, 3.05) is 0 Å². The topological polar surface area (TPSA) is 143 Å². The molecule has 0 spiro atoms. The predicted octanol–water partition coefficient (Wildman–Crippen LogP) is 27.6. The quantitative estimate of drug-likeness (QED) is 0.115. The Bertz CT molecular complexity index is 7590. The van der Waals surface area contributed by atoms with E-state index in [1.54, 1.807) is 0 Å². The molecule has 113 heavy (non-hydrogen) atoms. The molecule has 0 radical (unpaired) electrons. The number of fused-ring (bicyclic) bond motifs is 15. The molecule has 11 heteroatoms. The number of aromatic nitrogens is 6. The van der Waals surface area contributed by atoms with Gasteiger partial charge in [0.15, 0.2) is 34.9 Å². The average Bonchev–Trinajstić information content (AvgIpc) is 1.60. The van der Waals surface area contributed by atoms with Crippen LogP contribution >= 0.6 is 0 Å². The highest BCUT2D eigenvalue weighted by atomic mass is 16.3. The van der Waals surface area contributed by atoms with E-state index in [-0.39, 0.29) is 0 Å². The van der Waals surface area contributed by atoms with E-state index < -0.39 is 0 Å². The zero-order valence-electron chi connectivity index (χ0n) is 60.2. The van der Waals surface area contributed by atoms with Crippen LogP contribution in [-0.2, 0) is 0 Å². The van der Waals surface area contributed by atoms with Gasteiger partial charge < -0.3 is 22.1 Å². The van der Waals surface area contributed by atoms with Crippen LogP contribution in [0.2, 0.25) is 0 Å². The van der Waals surface area contributed by atoms with E-state index in [0.717, 1.165) is 210 Å². The molecular weight excluding hydrogens is 1390 g/mol. The van der Waals surface area contributed by atoms with Gasteiger partial charge in [-0.05, 0) is 152 Å². The Morgan fingerprint density at radius 1 is 0.133 bits per heavy atom. The van der Waals surface area contributed by atoms with E-state index in [0.29, 0.717) is 34.9 Å². The summed E-state index contributed by atoms with van der Waals surface area (Å²) >= 11 is 0. The number of nitrogens with zero attached hydrogens (tertiary/aromatic N) is 6. The lowest BCUT2D eigenvalue weighted by Gasteiger charge is -2.10. The lowest BCUT2D eigenvalue weighted by atomic mass is 9.98. The molecule has 526 valence electrons. The molecule has 0 amide bonds. The van der Waals surface area contributed by atoms with E-state index in [4.69, 9.17) is 52.0 Å². The number of hydrogen-bond acceptors (Lipinski definition) is 11. The van der Waals surface area contributed by atoms with Crippen LogP contribution in [0, 0.1) is 0 Å². The summed E-state index contributed by atoms with van der Waals surface area (Å²) in [5.41, 5.74) is 26.5. The maximum Gasteiger partial charge on any atom is 0.164 e. The van der Waals surface area contributed by atoms with Gasteiger partial charge in [-0.2, -0.15) is 0 Å². The third-order valence-electron chi connectivity index (χ3n) is 22.1. The molecule has 7 heterocycles. The van der Waals surface area contributed by atoms with E-state index in [9.17, 15) is 0 Å². The number of rotatable bonds is 12. The van der Waals surface area contributed by atoms with Crippen LogP contribution in [0.25, 0.3) is 245 Å². The minimum atomic E-state index is 0.568. The fourth-order valence-electron chi connectivity index (χ4n) is 16.2. The van der Waals surface area contributed by atoms with Crippen LogP contribution in [-0.4, -0.2) is 29.9 Å². The Morgan fingerprint density at radius 2 is 0.372 bits per heavy atom. The third-order valence-corrected chi connectivity index (χ3v) is 22.1. The summed E-state index contributed by atoms with van der Waals surface area (Å²) < 4.78 is 31.9. The summed E-state index contributed by atoms with van der Waals surface area (Å²) in [5, 5.41) is 10.7. The van der Waals surface area contributed by atoms with E-state index in [1.165, 1.54) is 0 Å². The molecule has 0 aliphatic heterocycles. The van der Waals surface area contributed by atoms with Gasteiger partial charge in [-0.25, -0.2) is 29.9 Å². The average molecular weight is 1450 g/mol. The van der Waals surface area contributed by atoms with Crippen molar-refractivity contribution in [3.63, 3.8) is 0 Å².